The molecule has 0 saturated heterocycles. The van der Waals surface area contributed by atoms with E-state index in [0.717, 1.165) is 6.54 Å². The van der Waals surface area contributed by atoms with Crippen LogP contribution in [0.15, 0.2) is 15.9 Å². The summed E-state index contributed by atoms with van der Waals surface area (Å²) >= 11 is 5.52. The average molecular weight is 316 g/mol. The molecule has 2 N–H and O–H groups in total. The molecule has 2 rings (SSSR count). The Bertz CT molecular complexity index is 340. The van der Waals surface area contributed by atoms with Gasteiger partial charge in [0, 0.05) is 9.35 Å². The monoisotopic (exact) mass is 315 g/mol. The summed E-state index contributed by atoms with van der Waals surface area (Å²) in [5, 5.41) is 2.17. The summed E-state index contributed by atoms with van der Waals surface area (Å²) in [5.74, 6) is 0. The number of hydrogen-bond acceptors (Lipinski definition) is 2. The molecule has 1 saturated carbocycles. The largest absolute Gasteiger partial charge is 0.330 e. The van der Waals surface area contributed by atoms with Gasteiger partial charge in [0.1, 0.15) is 0 Å². The Kier molecular flexibility index (Phi) is 5.07. The molecule has 0 bridgehead atoms. The van der Waals surface area contributed by atoms with Crippen LogP contribution >= 0.6 is 27.3 Å². The standard InChI is InChI=1S/C14H22BrNS/c15-12-6-9-17-13(12)10-14(11-16)7-4-2-1-3-5-8-14/h6,9H,1-5,7-8,10-11,16H2. The molecule has 17 heavy (non-hydrogen) atoms. The third-order valence-electron chi connectivity index (χ3n) is 4.07. The minimum Gasteiger partial charge on any atom is -0.330 e. The van der Waals surface area contributed by atoms with Crippen LogP contribution in [0.1, 0.15) is 49.8 Å². The SMILES string of the molecule is NCC1(Cc2sccc2Br)CCCCCCC1. The van der Waals surface area contributed by atoms with E-state index in [2.05, 4.69) is 27.4 Å². The summed E-state index contributed by atoms with van der Waals surface area (Å²) in [6, 6.07) is 2.16. The summed E-state index contributed by atoms with van der Waals surface area (Å²) in [6.45, 7) is 0.845. The second kappa shape index (κ2) is 6.35. The number of nitrogens with two attached hydrogens (primary N) is 1. The Morgan fingerprint density at radius 1 is 1.18 bits per heavy atom. The van der Waals surface area contributed by atoms with Gasteiger partial charge in [-0.15, -0.1) is 11.3 Å². The molecule has 3 heteroatoms. The third-order valence-corrected chi connectivity index (χ3v) is 6.00. The van der Waals surface area contributed by atoms with Crippen LogP contribution in [0.2, 0.25) is 0 Å². The molecular formula is C14H22BrNS. The number of halogens is 1. The zero-order chi connectivity index (χ0) is 12.1. The minimum atomic E-state index is 0.369. The van der Waals surface area contributed by atoms with Crippen LogP contribution in [0.5, 0.6) is 0 Å². The molecule has 0 atom stereocenters. The predicted octanol–water partition coefficient (Wildman–Crippen LogP) is 4.74. The van der Waals surface area contributed by atoms with Gasteiger partial charge in [0.15, 0.2) is 0 Å². The van der Waals surface area contributed by atoms with Gasteiger partial charge in [-0.1, -0.05) is 32.1 Å². The van der Waals surface area contributed by atoms with Crippen molar-refractivity contribution in [3.05, 3.63) is 20.8 Å². The highest BCUT2D eigenvalue weighted by atomic mass is 79.9. The maximum Gasteiger partial charge on any atom is 0.0314 e. The first-order chi connectivity index (χ1) is 8.26. The average Bonchev–Trinajstić information content (AvgIpc) is 2.68. The van der Waals surface area contributed by atoms with E-state index in [1.54, 1.807) is 0 Å². The number of thiophene rings is 1. The van der Waals surface area contributed by atoms with Gasteiger partial charge in [0.05, 0.1) is 0 Å². The van der Waals surface area contributed by atoms with E-state index in [1.807, 2.05) is 11.3 Å². The van der Waals surface area contributed by atoms with Crippen molar-refractivity contribution in [2.75, 3.05) is 6.54 Å². The Hall–Kier alpha value is 0.140. The van der Waals surface area contributed by atoms with Crippen molar-refractivity contribution in [3.8, 4) is 0 Å². The topological polar surface area (TPSA) is 26.0 Å². The van der Waals surface area contributed by atoms with Crippen LogP contribution in [-0.4, -0.2) is 6.54 Å². The number of rotatable bonds is 3. The highest BCUT2D eigenvalue weighted by Crippen LogP contribution is 2.39. The van der Waals surface area contributed by atoms with E-state index in [4.69, 9.17) is 5.73 Å². The molecule has 0 spiro atoms. The maximum absolute atomic E-state index is 6.11. The molecule has 0 radical (unpaired) electrons. The van der Waals surface area contributed by atoms with E-state index in [0.29, 0.717) is 5.41 Å². The molecule has 1 aromatic heterocycles. The van der Waals surface area contributed by atoms with Crippen molar-refractivity contribution in [2.24, 2.45) is 11.1 Å². The zero-order valence-corrected chi connectivity index (χ0v) is 12.8. The van der Waals surface area contributed by atoms with Crippen molar-refractivity contribution < 1.29 is 0 Å². The lowest BCUT2D eigenvalue weighted by atomic mass is 9.73. The van der Waals surface area contributed by atoms with Gasteiger partial charge in [0.25, 0.3) is 0 Å². The molecule has 1 aliphatic rings. The van der Waals surface area contributed by atoms with E-state index in [-0.39, 0.29) is 0 Å². The predicted molar refractivity (Wildman–Crippen MR) is 79.5 cm³/mol. The van der Waals surface area contributed by atoms with Crippen LogP contribution in [0, 0.1) is 5.41 Å². The van der Waals surface area contributed by atoms with Crippen LogP contribution in [0.25, 0.3) is 0 Å². The van der Waals surface area contributed by atoms with Crippen molar-refractivity contribution in [1.82, 2.24) is 0 Å². The molecule has 96 valence electrons. The molecule has 0 unspecified atom stereocenters. The second-order valence-corrected chi connectivity index (χ2v) is 7.20. The second-order valence-electron chi connectivity index (χ2n) is 5.34. The van der Waals surface area contributed by atoms with Gasteiger partial charge in [0.2, 0.25) is 0 Å². The van der Waals surface area contributed by atoms with Gasteiger partial charge in [-0.2, -0.15) is 0 Å². The minimum absolute atomic E-state index is 0.369. The molecular weight excluding hydrogens is 294 g/mol. The van der Waals surface area contributed by atoms with Crippen molar-refractivity contribution >= 4 is 27.3 Å². The summed E-state index contributed by atoms with van der Waals surface area (Å²) in [4.78, 5) is 1.48. The Labute approximate surface area is 117 Å². The van der Waals surface area contributed by atoms with Crippen molar-refractivity contribution in [2.45, 2.75) is 51.4 Å². The molecule has 1 aliphatic carbocycles. The van der Waals surface area contributed by atoms with Gasteiger partial charge in [-0.3, -0.25) is 0 Å². The fraction of sp³-hybridized carbons (Fsp3) is 0.714. The van der Waals surface area contributed by atoms with Crippen LogP contribution < -0.4 is 5.73 Å². The zero-order valence-electron chi connectivity index (χ0n) is 10.4. The Morgan fingerprint density at radius 2 is 1.82 bits per heavy atom. The van der Waals surface area contributed by atoms with E-state index >= 15 is 0 Å². The molecule has 0 amide bonds. The van der Waals surface area contributed by atoms with Crippen molar-refractivity contribution in [3.63, 3.8) is 0 Å². The Morgan fingerprint density at radius 3 is 2.35 bits per heavy atom. The number of hydrogen-bond donors (Lipinski definition) is 1. The quantitative estimate of drug-likeness (QED) is 0.856. The summed E-state index contributed by atoms with van der Waals surface area (Å²) in [7, 11) is 0. The van der Waals surface area contributed by atoms with Gasteiger partial charge in [-0.05, 0) is 58.6 Å². The van der Waals surface area contributed by atoms with Crippen LogP contribution in [0.3, 0.4) is 0 Å². The maximum atomic E-state index is 6.11. The fourth-order valence-corrected chi connectivity index (χ4v) is 4.57. The van der Waals surface area contributed by atoms with Crippen molar-refractivity contribution in [1.29, 1.82) is 0 Å². The van der Waals surface area contributed by atoms with Crippen LogP contribution in [-0.2, 0) is 6.42 Å². The molecule has 0 aliphatic heterocycles. The summed E-state index contributed by atoms with van der Waals surface area (Å²) in [6.07, 6.45) is 10.7. The molecule has 0 aromatic carbocycles. The smallest absolute Gasteiger partial charge is 0.0314 e. The summed E-state index contributed by atoms with van der Waals surface area (Å²) < 4.78 is 1.28. The first-order valence-electron chi connectivity index (χ1n) is 6.68. The molecule has 1 nitrogen and oxygen atoms in total. The van der Waals surface area contributed by atoms with Gasteiger partial charge >= 0.3 is 0 Å². The molecule has 1 aromatic rings. The first-order valence-corrected chi connectivity index (χ1v) is 8.35. The lowest BCUT2D eigenvalue weighted by Crippen LogP contribution is -2.33. The normalized spacial score (nSPS) is 20.8. The highest BCUT2D eigenvalue weighted by molar-refractivity contribution is 9.10. The lowest BCUT2D eigenvalue weighted by Gasteiger charge is -2.34. The fourth-order valence-electron chi connectivity index (χ4n) is 2.90. The van der Waals surface area contributed by atoms with E-state index in [9.17, 15) is 0 Å². The third kappa shape index (κ3) is 3.55. The highest BCUT2D eigenvalue weighted by Gasteiger charge is 2.30. The first kappa shape index (κ1) is 13.6. The lowest BCUT2D eigenvalue weighted by molar-refractivity contribution is 0.218. The molecule has 1 heterocycles. The van der Waals surface area contributed by atoms with Gasteiger partial charge in [-0.25, -0.2) is 0 Å². The van der Waals surface area contributed by atoms with Gasteiger partial charge < -0.3 is 5.73 Å². The van der Waals surface area contributed by atoms with E-state index < -0.39 is 0 Å². The van der Waals surface area contributed by atoms with E-state index in [1.165, 1.54) is 60.7 Å². The molecule has 1 fully saturated rings. The summed E-state index contributed by atoms with van der Waals surface area (Å²) in [5.41, 5.74) is 6.48. The Balaban J connectivity index is 2.08. The van der Waals surface area contributed by atoms with Crippen LogP contribution in [0.4, 0.5) is 0 Å².